The van der Waals surface area contributed by atoms with Crippen molar-refractivity contribution < 1.29 is 29.1 Å². The van der Waals surface area contributed by atoms with Crippen LogP contribution in [-0.2, 0) is 14.3 Å². The number of methoxy groups -OCH3 is 2. The van der Waals surface area contributed by atoms with Gasteiger partial charge in [-0.25, -0.2) is 0 Å². The standard InChI is InChI=1S/C23H24N2O7/c1-14-12-16(8-9-18(14)32-3)21(26)19-20(15-6-4-7-17(13-15)25(29)30)24(10-5-11-31-2)23(28)22(19)27/h4,6-9,12-13,20,26H,5,10-11H2,1-3H3/t20-/m0/s1. The summed E-state index contributed by atoms with van der Waals surface area (Å²) in [6.45, 7) is 2.34. The van der Waals surface area contributed by atoms with Crippen molar-refractivity contribution in [3.8, 4) is 5.75 Å². The largest absolute Gasteiger partial charge is 0.507 e. The molecule has 0 spiro atoms. The second-order valence-electron chi connectivity index (χ2n) is 7.38. The summed E-state index contributed by atoms with van der Waals surface area (Å²) < 4.78 is 10.3. The third-order valence-corrected chi connectivity index (χ3v) is 5.35. The van der Waals surface area contributed by atoms with Crippen LogP contribution < -0.4 is 4.74 Å². The molecule has 1 aliphatic rings. The van der Waals surface area contributed by atoms with E-state index in [1.807, 2.05) is 0 Å². The Morgan fingerprint density at radius 1 is 1.19 bits per heavy atom. The summed E-state index contributed by atoms with van der Waals surface area (Å²) in [5.41, 5.74) is 1.15. The molecule has 1 aliphatic heterocycles. The highest BCUT2D eigenvalue weighted by atomic mass is 16.6. The summed E-state index contributed by atoms with van der Waals surface area (Å²) in [6, 6.07) is 9.65. The van der Waals surface area contributed by atoms with E-state index < -0.39 is 22.7 Å². The van der Waals surface area contributed by atoms with Crippen LogP contribution in [0.5, 0.6) is 5.75 Å². The van der Waals surface area contributed by atoms with Gasteiger partial charge < -0.3 is 19.5 Å². The lowest BCUT2D eigenvalue weighted by Crippen LogP contribution is -2.31. The Bertz CT molecular complexity index is 1090. The number of aryl methyl sites for hydroxylation is 1. The molecule has 3 rings (SSSR count). The number of benzene rings is 2. The zero-order chi connectivity index (χ0) is 23.4. The number of carbonyl (C=O) groups is 2. The summed E-state index contributed by atoms with van der Waals surface area (Å²) >= 11 is 0. The molecule has 2 aromatic rings. The van der Waals surface area contributed by atoms with Crippen molar-refractivity contribution in [1.29, 1.82) is 0 Å². The number of carbonyl (C=O) groups excluding carboxylic acids is 2. The Balaban J connectivity index is 2.17. The van der Waals surface area contributed by atoms with Crippen LogP contribution in [0.25, 0.3) is 5.76 Å². The van der Waals surface area contributed by atoms with Gasteiger partial charge in [0.15, 0.2) is 0 Å². The van der Waals surface area contributed by atoms with E-state index in [0.29, 0.717) is 29.9 Å². The van der Waals surface area contributed by atoms with Gasteiger partial charge in [-0.3, -0.25) is 19.7 Å². The molecule has 0 aromatic heterocycles. The van der Waals surface area contributed by atoms with Crippen molar-refractivity contribution in [3.05, 3.63) is 74.8 Å². The highest BCUT2D eigenvalue weighted by Gasteiger charge is 2.46. The molecule has 2 aromatic carbocycles. The van der Waals surface area contributed by atoms with Gasteiger partial charge in [-0.15, -0.1) is 0 Å². The Morgan fingerprint density at radius 2 is 1.94 bits per heavy atom. The van der Waals surface area contributed by atoms with Gasteiger partial charge >= 0.3 is 0 Å². The first kappa shape index (κ1) is 23.0. The average molecular weight is 440 g/mol. The topological polar surface area (TPSA) is 119 Å². The van der Waals surface area contributed by atoms with Gasteiger partial charge in [-0.2, -0.15) is 0 Å². The van der Waals surface area contributed by atoms with Crippen LogP contribution in [0.4, 0.5) is 5.69 Å². The fourth-order valence-electron chi connectivity index (χ4n) is 3.83. The van der Waals surface area contributed by atoms with E-state index in [2.05, 4.69) is 0 Å². The quantitative estimate of drug-likeness (QED) is 0.167. The fraction of sp³-hybridized carbons (Fsp3) is 0.304. The minimum absolute atomic E-state index is 0.113. The number of nitro groups is 1. The number of likely N-dealkylation sites (tertiary alicyclic amines) is 1. The van der Waals surface area contributed by atoms with Gasteiger partial charge in [0.1, 0.15) is 11.5 Å². The number of ketones is 1. The Morgan fingerprint density at radius 3 is 2.56 bits per heavy atom. The van der Waals surface area contributed by atoms with Crippen molar-refractivity contribution in [2.45, 2.75) is 19.4 Å². The Kier molecular flexibility index (Phi) is 6.89. The number of hydrogen-bond donors (Lipinski definition) is 1. The summed E-state index contributed by atoms with van der Waals surface area (Å²) in [6.07, 6.45) is 0.455. The summed E-state index contributed by atoms with van der Waals surface area (Å²) in [5, 5.41) is 22.4. The first-order valence-electron chi connectivity index (χ1n) is 9.96. The zero-order valence-corrected chi connectivity index (χ0v) is 18.0. The molecule has 9 heteroatoms. The van der Waals surface area contributed by atoms with Crippen molar-refractivity contribution in [2.24, 2.45) is 0 Å². The second-order valence-corrected chi connectivity index (χ2v) is 7.38. The third kappa shape index (κ3) is 4.33. The first-order valence-corrected chi connectivity index (χ1v) is 9.96. The molecule has 1 atom stereocenters. The lowest BCUT2D eigenvalue weighted by molar-refractivity contribution is -0.384. The summed E-state index contributed by atoms with van der Waals surface area (Å²) in [4.78, 5) is 37.9. The smallest absolute Gasteiger partial charge is 0.295 e. The number of ether oxygens (including phenoxy) is 2. The van der Waals surface area contributed by atoms with Crippen LogP contribution in [0.3, 0.4) is 0 Å². The molecule has 9 nitrogen and oxygen atoms in total. The van der Waals surface area contributed by atoms with Crippen molar-refractivity contribution in [2.75, 3.05) is 27.4 Å². The molecule has 0 bridgehead atoms. The van der Waals surface area contributed by atoms with E-state index in [1.54, 1.807) is 31.2 Å². The molecule has 1 fully saturated rings. The molecule has 1 saturated heterocycles. The van der Waals surface area contributed by atoms with E-state index in [-0.39, 0.29) is 23.6 Å². The van der Waals surface area contributed by atoms with Crippen molar-refractivity contribution in [1.82, 2.24) is 4.90 Å². The van der Waals surface area contributed by atoms with E-state index in [0.717, 1.165) is 5.56 Å². The number of non-ortho nitro benzene ring substituents is 1. The molecule has 0 radical (unpaired) electrons. The monoisotopic (exact) mass is 440 g/mol. The molecule has 0 aliphatic carbocycles. The number of Topliss-reactive ketones (excluding diaryl/α,β-unsaturated/α-hetero) is 1. The third-order valence-electron chi connectivity index (χ3n) is 5.35. The number of hydrogen-bond acceptors (Lipinski definition) is 7. The maximum absolute atomic E-state index is 13.0. The van der Waals surface area contributed by atoms with E-state index in [4.69, 9.17) is 9.47 Å². The molecular weight excluding hydrogens is 416 g/mol. The predicted octanol–water partition coefficient (Wildman–Crippen LogP) is 3.37. The zero-order valence-electron chi connectivity index (χ0n) is 18.0. The number of rotatable bonds is 8. The van der Waals surface area contributed by atoms with Gasteiger partial charge in [0.25, 0.3) is 17.4 Å². The molecule has 1 N–H and O–H groups in total. The maximum Gasteiger partial charge on any atom is 0.295 e. The van der Waals surface area contributed by atoms with Crippen LogP contribution >= 0.6 is 0 Å². The molecule has 1 heterocycles. The van der Waals surface area contributed by atoms with Gasteiger partial charge in [0.05, 0.1) is 23.6 Å². The SMILES string of the molecule is COCCCN1C(=O)C(=O)C(=C(O)c2ccc(OC)c(C)c2)[C@@H]1c1cccc([N+](=O)[O-])c1. The highest BCUT2D eigenvalue weighted by molar-refractivity contribution is 6.46. The number of amides is 1. The van der Waals surface area contributed by atoms with Gasteiger partial charge in [0, 0.05) is 38.0 Å². The number of nitrogens with zero attached hydrogens (tertiary/aromatic N) is 2. The summed E-state index contributed by atoms with van der Waals surface area (Å²) in [7, 11) is 3.05. The molecule has 0 unspecified atom stereocenters. The lowest BCUT2D eigenvalue weighted by Gasteiger charge is -2.25. The van der Waals surface area contributed by atoms with E-state index in [1.165, 1.54) is 37.3 Å². The number of nitro benzene ring substituents is 1. The first-order chi connectivity index (χ1) is 15.3. The Labute approximate surface area is 185 Å². The lowest BCUT2D eigenvalue weighted by atomic mass is 9.94. The fourth-order valence-corrected chi connectivity index (χ4v) is 3.83. The average Bonchev–Trinajstić information content (AvgIpc) is 3.03. The van der Waals surface area contributed by atoms with Gasteiger partial charge in [-0.1, -0.05) is 12.1 Å². The van der Waals surface area contributed by atoms with E-state index >= 15 is 0 Å². The molecule has 168 valence electrons. The predicted molar refractivity (Wildman–Crippen MR) is 116 cm³/mol. The van der Waals surface area contributed by atoms with Gasteiger partial charge in [0.2, 0.25) is 0 Å². The summed E-state index contributed by atoms with van der Waals surface area (Å²) in [5.74, 6) is -1.36. The van der Waals surface area contributed by atoms with Crippen LogP contribution in [0.1, 0.15) is 29.2 Å². The maximum atomic E-state index is 13.0. The minimum atomic E-state index is -0.964. The highest BCUT2D eigenvalue weighted by Crippen LogP contribution is 2.40. The number of aliphatic hydroxyl groups is 1. The normalized spacial score (nSPS) is 17.6. The molecule has 1 amide bonds. The van der Waals surface area contributed by atoms with Crippen LogP contribution in [0.2, 0.25) is 0 Å². The molecule has 0 saturated carbocycles. The van der Waals surface area contributed by atoms with Crippen LogP contribution in [-0.4, -0.2) is 54.0 Å². The van der Waals surface area contributed by atoms with Crippen molar-refractivity contribution >= 4 is 23.1 Å². The number of aliphatic hydroxyl groups excluding tert-OH is 1. The van der Waals surface area contributed by atoms with Crippen LogP contribution in [0.15, 0.2) is 48.0 Å². The van der Waals surface area contributed by atoms with E-state index in [9.17, 15) is 24.8 Å². The van der Waals surface area contributed by atoms with Gasteiger partial charge in [-0.05, 0) is 42.7 Å². The Hall–Kier alpha value is -3.72. The molecular formula is C23H24N2O7. The minimum Gasteiger partial charge on any atom is -0.507 e. The van der Waals surface area contributed by atoms with Crippen molar-refractivity contribution in [3.63, 3.8) is 0 Å². The van der Waals surface area contributed by atoms with Crippen LogP contribution in [0, 0.1) is 17.0 Å². The second kappa shape index (κ2) is 9.61. The molecule has 32 heavy (non-hydrogen) atoms.